The van der Waals surface area contributed by atoms with Crippen LogP contribution in [0.2, 0.25) is 0 Å². The van der Waals surface area contributed by atoms with Gasteiger partial charge in [0.15, 0.2) is 34.9 Å². The average molecular weight is 1440 g/mol. The van der Waals surface area contributed by atoms with Crippen LogP contribution >= 0.6 is 0 Å². The molecule has 10 heteroatoms. The molecule has 1 aliphatic heterocycles. The minimum atomic E-state index is -1.06. The molecule has 5 aromatic heterocycles. The normalized spacial score (nSPS) is 14.1. The molecule has 1 spiro atoms. The molecule has 6 heterocycles. The standard InChI is InChI=1S/C103H64N10/c1-7-27-63(28-8-1)97-104-98(64-29-9-2-10-30-64)107-101(106-97)67-47-51-73-74-52-48-68(102-108-99(65-31-11-3-12-32-65)105-100(109-102)66-33-13-4-14-34-66)60-86(74)103(85(73)59-67)87-61-71(112-91-45-25-21-41-79(91)83-57-55-81-77-39-19-23-43-89(77)110(93(81)95(83)112)69-35-15-5-16-36-69)49-53-75(87)76-54-50-72(62-88(76)103)113-92-46-26-22-42-80(92)84-58-56-82-78-40-20-24-44-90(78)111(94(82)96(84)113)70-37-17-6-18-38-70/h1-45,47-62,92H,46H2. The molecule has 0 N–H and O–H groups in total. The Kier molecular flexibility index (Phi) is 13.7. The number of nitrogens with zero attached hydrogens (tertiary/aromatic N) is 10. The fourth-order valence-electron chi connectivity index (χ4n) is 19.2. The number of para-hydroxylation sites is 5. The van der Waals surface area contributed by atoms with Crippen molar-refractivity contribution in [2.75, 3.05) is 4.90 Å². The molecule has 0 saturated heterocycles. The topological polar surface area (TPSA) is 95.4 Å². The molecule has 4 aliphatic rings. The van der Waals surface area contributed by atoms with Crippen LogP contribution in [0.5, 0.6) is 0 Å². The molecule has 0 amide bonds. The first-order valence-electron chi connectivity index (χ1n) is 38.7. The van der Waals surface area contributed by atoms with Gasteiger partial charge in [-0.15, -0.1) is 0 Å². The number of fused-ring (bicyclic) bond motifs is 24. The second kappa shape index (κ2) is 24.5. The Hall–Kier alpha value is -15.0. The maximum absolute atomic E-state index is 5.50. The van der Waals surface area contributed by atoms with Gasteiger partial charge in [0.1, 0.15) is 0 Å². The fraction of sp³-hybridized carbons (Fsp3) is 0.0291. The molecule has 10 nitrogen and oxygen atoms in total. The van der Waals surface area contributed by atoms with Crippen LogP contribution in [0.1, 0.15) is 34.2 Å². The van der Waals surface area contributed by atoms with Crippen LogP contribution in [-0.2, 0) is 5.41 Å². The third-order valence-electron chi connectivity index (χ3n) is 24.0. The number of aromatic nitrogens is 9. The zero-order valence-corrected chi connectivity index (χ0v) is 61.0. The van der Waals surface area contributed by atoms with E-state index in [0.717, 1.165) is 135 Å². The first-order chi connectivity index (χ1) is 56.1. The van der Waals surface area contributed by atoms with Crippen LogP contribution in [-0.4, -0.2) is 49.6 Å². The van der Waals surface area contributed by atoms with Gasteiger partial charge in [-0.1, -0.05) is 291 Å². The van der Waals surface area contributed by atoms with E-state index >= 15 is 0 Å². The largest absolute Gasteiger partial charge is 0.331 e. The Labute approximate surface area is 650 Å². The molecule has 0 radical (unpaired) electrons. The van der Waals surface area contributed by atoms with Crippen molar-refractivity contribution in [1.82, 2.24) is 43.6 Å². The van der Waals surface area contributed by atoms with Gasteiger partial charge in [-0.2, -0.15) is 0 Å². The summed E-state index contributed by atoms with van der Waals surface area (Å²) in [6.45, 7) is 0. The zero-order chi connectivity index (χ0) is 74.0. The lowest BCUT2D eigenvalue weighted by atomic mass is 9.70. The van der Waals surface area contributed by atoms with Crippen molar-refractivity contribution in [2.45, 2.75) is 17.9 Å². The number of hydrogen-bond donors (Lipinski definition) is 0. The van der Waals surface area contributed by atoms with Crippen LogP contribution in [0.25, 0.3) is 179 Å². The van der Waals surface area contributed by atoms with Crippen molar-refractivity contribution < 1.29 is 0 Å². The summed E-state index contributed by atoms with van der Waals surface area (Å²) in [6.07, 6.45) is 7.77. The molecule has 1 unspecified atom stereocenters. The summed E-state index contributed by atoms with van der Waals surface area (Å²) in [5.41, 5.74) is 28.2. The summed E-state index contributed by atoms with van der Waals surface area (Å²) in [5.74, 6) is 3.51. The van der Waals surface area contributed by atoms with Gasteiger partial charge >= 0.3 is 0 Å². The maximum atomic E-state index is 5.50. The summed E-state index contributed by atoms with van der Waals surface area (Å²) in [6, 6.07) is 128. The first kappa shape index (κ1) is 63.0. The van der Waals surface area contributed by atoms with Gasteiger partial charge in [-0.25, -0.2) is 29.9 Å². The Bertz CT molecular complexity index is 7160. The summed E-state index contributed by atoms with van der Waals surface area (Å²) in [5, 5.41) is 7.13. The number of rotatable bonds is 10. The lowest BCUT2D eigenvalue weighted by molar-refractivity contribution is 0.788. The van der Waals surface area contributed by atoms with Crippen molar-refractivity contribution in [2.24, 2.45) is 0 Å². The van der Waals surface area contributed by atoms with E-state index in [4.69, 9.17) is 29.9 Å². The van der Waals surface area contributed by atoms with Gasteiger partial charge < -0.3 is 18.6 Å². The van der Waals surface area contributed by atoms with Crippen molar-refractivity contribution >= 4 is 82.4 Å². The zero-order valence-electron chi connectivity index (χ0n) is 61.0. The van der Waals surface area contributed by atoms with E-state index in [0.29, 0.717) is 34.9 Å². The molecule has 0 saturated carbocycles. The lowest BCUT2D eigenvalue weighted by Crippen LogP contribution is -2.29. The molecule has 3 aliphatic carbocycles. The Balaban J connectivity index is 0.827. The molecule has 24 rings (SSSR count). The molecule has 526 valence electrons. The average Bonchev–Trinajstić information content (AvgIpc) is 1.58. The van der Waals surface area contributed by atoms with Gasteiger partial charge in [-0.05, 0) is 135 Å². The predicted octanol–water partition coefficient (Wildman–Crippen LogP) is 24.6. The Morgan fingerprint density at radius 2 is 0.584 bits per heavy atom. The highest BCUT2D eigenvalue weighted by atomic mass is 15.2. The minimum Gasteiger partial charge on any atom is -0.331 e. The molecular formula is C103H64N10. The van der Waals surface area contributed by atoms with Crippen LogP contribution in [0.3, 0.4) is 0 Å². The third-order valence-corrected chi connectivity index (χ3v) is 24.0. The van der Waals surface area contributed by atoms with Gasteiger partial charge in [0, 0.05) is 94.0 Å². The van der Waals surface area contributed by atoms with Crippen LogP contribution in [0.4, 0.5) is 11.4 Å². The second-order valence-electron chi connectivity index (χ2n) is 29.9. The minimum absolute atomic E-state index is 0.0184. The monoisotopic (exact) mass is 1440 g/mol. The number of hydrogen-bond acceptors (Lipinski definition) is 7. The Morgan fingerprint density at radius 1 is 0.257 bits per heavy atom. The quantitative estimate of drug-likeness (QED) is 0.135. The van der Waals surface area contributed by atoms with Crippen molar-refractivity contribution in [3.05, 3.63) is 398 Å². The van der Waals surface area contributed by atoms with Gasteiger partial charge in [0.25, 0.3) is 0 Å². The van der Waals surface area contributed by atoms with E-state index in [1.54, 1.807) is 0 Å². The van der Waals surface area contributed by atoms with E-state index in [2.05, 4.69) is 316 Å². The number of anilines is 2. The molecule has 20 aromatic rings. The van der Waals surface area contributed by atoms with Crippen molar-refractivity contribution in [3.63, 3.8) is 0 Å². The van der Waals surface area contributed by atoms with E-state index in [1.807, 2.05) is 72.8 Å². The van der Waals surface area contributed by atoms with E-state index in [9.17, 15) is 0 Å². The van der Waals surface area contributed by atoms with Gasteiger partial charge in [0.05, 0.1) is 50.2 Å². The van der Waals surface area contributed by atoms with E-state index in [-0.39, 0.29) is 6.04 Å². The van der Waals surface area contributed by atoms with Crippen LogP contribution < -0.4 is 4.90 Å². The summed E-state index contributed by atoms with van der Waals surface area (Å²) in [4.78, 5) is 35.2. The predicted molar refractivity (Wildman–Crippen MR) is 459 cm³/mol. The summed E-state index contributed by atoms with van der Waals surface area (Å²) in [7, 11) is 0. The molecule has 0 bridgehead atoms. The van der Waals surface area contributed by atoms with Gasteiger partial charge in [-0.3, -0.25) is 0 Å². The van der Waals surface area contributed by atoms with Crippen molar-refractivity contribution in [1.29, 1.82) is 0 Å². The Morgan fingerprint density at radius 3 is 1.03 bits per heavy atom. The number of allylic oxidation sites excluding steroid dienone is 2. The molecule has 1 atom stereocenters. The van der Waals surface area contributed by atoms with Crippen molar-refractivity contribution in [3.8, 4) is 108 Å². The third kappa shape index (κ3) is 9.29. The van der Waals surface area contributed by atoms with Gasteiger partial charge in [0.2, 0.25) is 0 Å². The van der Waals surface area contributed by atoms with Crippen LogP contribution in [0, 0.1) is 0 Å². The SMILES string of the molecule is C1=CCC2C(=C1)c1ccc3c4ccccc4n(-c4ccccc4)c3c1N2c1ccc2c(c1)C1(c3cc(-c4nc(-c5ccccc5)nc(-c5ccccc5)n4)ccc3-c3ccc(-c4nc(-c5ccccc5)nc(-c5ccccc5)n4)cc31)c1cc(-n3c4ccccc4c4ccc5c6ccccc6n(-c6ccccc6)c5c43)ccc1-2. The number of benzene rings is 15. The van der Waals surface area contributed by atoms with E-state index < -0.39 is 5.41 Å². The smallest absolute Gasteiger partial charge is 0.164 e. The highest BCUT2D eigenvalue weighted by Crippen LogP contribution is 2.65. The highest BCUT2D eigenvalue weighted by molar-refractivity contribution is 6.24. The summed E-state index contributed by atoms with van der Waals surface area (Å²) >= 11 is 0. The molecular weight excluding hydrogens is 1380 g/mol. The van der Waals surface area contributed by atoms with E-state index in [1.165, 1.54) is 54.7 Å². The molecule has 0 fully saturated rings. The molecule has 113 heavy (non-hydrogen) atoms. The molecule has 15 aromatic carbocycles. The lowest BCUT2D eigenvalue weighted by Gasteiger charge is -2.34. The highest BCUT2D eigenvalue weighted by Gasteiger charge is 2.53. The first-order valence-corrected chi connectivity index (χ1v) is 38.7. The summed E-state index contributed by atoms with van der Waals surface area (Å²) < 4.78 is 7.54. The van der Waals surface area contributed by atoms with Crippen LogP contribution in [0.15, 0.2) is 370 Å². The fourth-order valence-corrected chi connectivity index (χ4v) is 19.2. The maximum Gasteiger partial charge on any atom is 0.164 e. The second-order valence-corrected chi connectivity index (χ2v) is 29.9.